The number of rotatable bonds is 4. The number of nitrogens with one attached hydrogen (secondary N) is 1. The number of nitrogens with zero attached hydrogens (tertiary/aromatic N) is 2. The van der Waals surface area contributed by atoms with Crippen LogP contribution in [0.15, 0.2) is 53.3 Å². The highest BCUT2D eigenvalue weighted by Crippen LogP contribution is 2.26. The van der Waals surface area contributed by atoms with Crippen molar-refractivity contribution in [1.29, 1.82) is 0 Å². The van der Waals surface area contributed by atoms with Gasteiger partial charge >= 0.3 is 0 Å². The third kappa shape index (κ3) is 3.36. The molecule has 0 unspecified atom stereocenters. The predicted octanol–water partition coefficient (Wildman–Crippen LogP) is 5.00. The molecular weight excluding hydrogens is 346 g/mol. The van der Waals surface area contributed by atoms with E-state index in [1.165, 1.54) is 5.56 Å². The molecular formula is C16H14BrN3S. The maximum atomic E-state index is 4.39. The first-order chi connectivity index (χ1) is 10.3. The summed E-state index contributed by atoms with van der Waals surface area (Å²) in [6, 6.07) is 14.4. The largest absolute Gasteiger partial charge is 0.340 e. The van der Waals surface area contributed by atoms with Crippen molar-refractivity contribution in [3.8, 4) is 0 Å². The lowest BCUT2D eigenvalue weighted by Gasteiger charge is -2.09. The topological polar surface area (TPSA) is 37.8 Å². The van der Waals surface area contributed by atoms with Crippen LogP contribution in [0.25, 0.3) is 10.9 Å². The van der Waals surface area contributed by atoms with Crippen molar-refractivity contribution in [3.05, 3.63) is 58.8 Å². The maximum Gasteiger partial charge on any atom is 0.141 e. The molecule has 1 N–H and O–H groups in total. The second kappa shape index (κ2) is 6.45. The second-order valence-corrected chi connectivity index (χ2v) is 6.42. The first-order valence-electron chi connectivity index (χ1n) is 6.51. The van der Waals surface area contributed by atoms with Crippen molar-refractivity contribution in [1.82, 2.24) is 9.97 Å². The van der Waals surface area contributed by atoms with E-state index in [1.807, 2.05) is 36.0 Å². The van der Waals surface area contributed by atoms with Gasteiger partial charge in [0.2, 0.25) is 0 Å². The Bertz CT molecular complexity index is 776. The molecule has 0 aliphatic heterocycles. The number of fused-ring (bicyclic) bond motifs is 1. The van der Waals surface area contributed by atoms with Gasteiger partial charge in [0.05, 0.1) is 5.52 Å². The van der Waals surface area contributed by atoms with Gasteiger partial charge < -0.3 is 5.32 Å². The average Bonchev–Trinajstić information content (AvgIpc) is 2.48. The Morgan fingerprint density at radius 3 is 2.86 bits per heavy atom. The number of benzene rings is 2. The lowest BCUT2D eigenvalue weighted by Crippen LogP contribution is -1.96. The van der Waals surface area contributed by atoms with Crippen LogP contribution >= 0.6 is 27.7 Å². The molecule has 0 aliphatic carbocycles. The minimum Gasteiger partial charge on any atom is -0.340 e. The van der Waals surface area contributed by atoms with E-state index in [9.17, 15) is 0 Å². The highest BCUT2D eigenvalue weighted by molar-refractivity contribution is 9.10. The third-order valence-electron chi connectivity index (χ3n) is 3.10. The molecule has 0 spiro atoms. The van der Waals surface area contributed by atoms with E-state index >= 15 is 0 Å². The van der Waals surface area contributed by atoms with E-state index < -0.39 is 0 Å². The van der Waals surface area contributed by atoms with Gasteiger partial charge in [-0.25, -0.2) is 9.97 Å². The van der Waals surface area contributed by atoms with Crippen molar-refractivity contribution in [2.24, 2.45) is 0 Å². The zero-order valence-electron chi connectivity index (χ0n) is 11.5. The molecule has 3 nitrogen and oxygen atoms in total. The molecule has 0 amide bonds. The van der Waals surface area contributed by atoms with Gasteiger partial charge in [0.1, 0.15) is 12.1 Å². The lowest BCUT2D eigenvalue weighted by atomic mass is 10.1. The number of hydrogen-bond acceptors (Lipinski definition) is 4. The van der Waals surface area contributed by atoms with E-state index in [4.69, 9.17) is 0 Å². The average molecular weight is 360 g/mol. The summed E-state index contributed by atoms with van der Waals surface area (Å²) >= 11 is 5.29. The monoisotopic (exact) mass is 359 g/mol. The fraction of sp³-hybridized carbons (Fsp3) is 0.125. The van der Waals surface area contributed by atoms with Crippen molar-refractivity contribution >= 4 is 50.1 Å². The minimum absolute atomic E-state index is 0.834. The van der Waals surface area contributed by atoms with Crippen molar-refractivity contribution < 1.29 is 0 Å². The molecule has 106 valence electrons. The normalized spacial score (nSPS) is 10.8. The zero-order chi connectivity index (χ0) is 14.7. The summed E-state index contributed by atoms with van der Waals surface area (Å²) in [5.74, 6) is 1.82. The maximum absolute atomic E-state index is 4.39. The summed E-state index contributed by atoms with van der Waals surface area (Å²) in [5.41, 5.74) is 3.23. The van der Waals surface area contributed by atoms with Crippen LogP contribution in [0.2, 0.25) is 0 Å². The zero-order valence-corrected chi connectivity index (χ0v) is 13.9. The molecule has 2 aromatic carbocycles. The molecule has 0 radical (unpaired) electrons. The highest BCUT2D eigenvalue weighted by Gasteiger charge is 2.05. The third-order valence-corrected chi connectivity index (χ3v) is 4.21. The molecule has 0 saturated carbocycles. The fourth-order valence-electron chi connectivity index (χ4n) is 2.16. The molecule has 0 saturated heterocycles. The van der Waals surface area contributed by atoms with Gasteiger partial charge in [-0.3, -0.25) is 0 Å². The van der Waals surface area contributed by atoms with Crippen LogP contribution in [0.4, 0.5) is 11.5 Å². The quantitative estimate of drug-likeness (QED) is 0.711. The van der Waals surface area contributed by atoms with E-state index in [-0.39, 0.29) is 0 Å². The predicted molar refractivity (Wildman–Crippen MR) is 94.2 cm³/mol. The highest BCUT2D eigenvalue weighted by atomic mass is 79.9. The van der Waals surface area contributed by atoms with E-state index in [2.05, 4.69) is 55.7 Å². The molecule has 1 heterocycles. The van der Waals surface area contributed by atoms with Gasteiger partial charge in [0, 0.05) is 21.3 Å². The van der Waals surface area contributed by atoms with Gasteiger partial charge in [-0.15, -0.1) is 0 Å². The summed E-state index contributed by atoms with van der Waals surface area (Å²) in [6.45, 7) is 0. The molecule has 0 bridgehead atoms. The number of hydrogen-bond donors (Lipinski definition) is 1. The van der Waals surface area contributed by atoms with E-state index in [0.717, 1.165) is 32.6 Å². The summed E-state index contributed by atoms with van der Waals surface area (Å²) < 4.78 is 1.04. The van der Waals surface area contributed by atoms with E-state index in [0.29, 0.717) is 0 Å². The Hall–Kier alpha value is -1.59. The van der Waals surface area contributed by atoms with Gasteiger partial charge in [-0.1, -0.05) is 28.1 Å². The molecule has 3 rings (SSSR count). The minimum atomic E-state index is 0.834. The molecule has 0 fully saturated rings. The van der Waals surface area contributed by atoms with Crippen molar-refractivity contribution in [3.63, 3.8) is 0 Å². The number of halogens is 1. The van der Waals surface area contributed by atoms with Crippen LogP contribution in [0.1, 0.15) is 5.56 Å². The second-order valence-electron chi connectivity index (χ2n) is 4.64. The number of aromatic nitrogens is 2. The summed E-state index contributed by atoms with van der Waals surface area (Å²) in [7, 11) is 0. The van der Waals surface area contributed by atoms with Crippen molar-refractivity contribution in [2.45, 2.75) is 5.75 Å². The molecule has 1 aromatic heterocycles. The smallest absolute Gasteiger partial charge is 0.141 e. The first kappa shape index (κ1) is 14.4. The van der Waals surface area contributed by atoms with Crippen LogP contribution in [0, 0.1) is 0 Å². The Labute approximate surface area is 136 Å². The molecule has 0 atom stereocenters. The van der Waals surface area contributed by atoms with Crippen LogP contribution in [0.5, 0.6) is 0 Å². The summed E-state index contributed by atoms with van der Waals surface area (Å²) in [5, 5.41) is 4.41. The van der Waals surface area contributed by atoms with Gasteiger partial charge in [-0.2, -0.15) is 11.8 Å². The SMILES string of the molecule is CSCc1ccc2ncnc(Nc3cccc(Br)c3)c2c1. The summed E-state index contributed by atoms with van der Waals surface area (Å²) in [6.07, 6.45) is 3.70. The Morgan fingerprint density at radius 1 is 1.14 bits per heavy atom. The molecule has 3 aromatic rings. The van der Waals surface area contributed by atoms with E-state index in [1.54, 1.807) is 6.33 Å². The standard InChI is InChI=1S/C16H14BrN3S/c1-21-9-11-5-6-15-14(7-11)16(19-10-18-15)20-13-4-2-3-12(17)8-13/h2-8,10H,9H2,1H3,(H,18,19,20). The van der Waals surface area contributed by atoms with Gasteiger partial charge in [0.15, 0.2) is 0 Å². The number of thioether (sulfide) groups is 1. The van der Waals surface area contributed by atoms with Crippen LogP contribution in [-0.4, -0.2) is 16.2 Å². The lowest BCUT2D eigenvalue weighted by molar-refractivity contribution is 1.21. The molecule has 21 heavy (non-hydrogen) atoms. The van der Waals surface area contributed by atoms with Gasteiger partial charge in [0.25, 0.3) is 0 Å². The van der Waals surface area contributed by atoms with Crippen LogP contribution < -0.4 is 5.32 Å². The van der Waals surface area contributed by atoms with Crippen LogP contribution in [0.3, 0.4) is 0 Å². The fourth-order valence-corrected chi connectivity index (χ4v) is 3.07. The van der Waals surface area contributed by atoms with Gasteiger partial charge in [-0.05, 0) is 42.2 Å². The van der Waals surface area contributed by atoms with Crippen molar-refractivity contribution in [2.75, 3.05) is 11.6 Å². The molecule has 5 heteroatoms. The Morgan fingerprint density at radius 2 is 2.05 bits per heavy atom. The Balaban J connectivity index is 2.02. The summed E-state index contributed by atoms with van der Waals surface area (Å²) in [4.78, 5) is 8.72. The molecule has 0 aliphatic rings. The first-order valence-corrected chi connectivity index (χ1v) is 8.70. The Kier molecular flexibility index (Phi) is 4.41. The number of anilines is 2. The van der Waals surface area contributed by atoms with Crippen LogP contribution in [-0.2, 0) is 5.75 Å².